The fourth-order valence-electron chi connectivity index (χ4n) is 2.52. The SMILES string of the molecule is CC.CCN(C)c1cc(NC(=O)C2CC2)ccc1-c1nnc(C)n1C. The van der Waals surface area contributed by atoms with Crippen LogP contribution in [-0.4, -0.2) is 34.3 Å². The maximum atomic E-state index is 12.0. The van der Waals surface area contributed by atoms with Crippen molar-refractivity contribution >= 4 is 17.3 Å². The minimum absolute atomic E-state index is 0.123. The lowest BCUT2D eigenvalue weighted by Crippen LogP contribution is -2.18. The van der Waals surface area contributed by atoms with Gasteiger partial charge in [-0.25, -0.2) is 0 Å². The minimum Gasteiger partial charge on any atom is -0.374 e. The predicted octanol–water partition coefficient (Wildman–Crippen LogP) is 3.62. The number of benzene rings is 1. The second-order valence-electron chi connectivity index (χ2n) is 6.14. The fourth-order valence-corrected chi connectivity index (χ4v) is 2.52. The predicted molar refractivity (Wildman–Crippen MR) is 103 cm³/mol. The van der Waals surface area contributed by atoms with E-state index in [2.05, 4.69) is 27.3 Å². The average Bonchev–Trinajstić information content (AvgIpc) is 3.43. The first-order valence-corrected chi connectivity index (χ1v) is 9.03. The van der Waals surface area contributed by atoms with Crippen LogP contribution in [0.1, 0.15) is 39.4 Å². The summed E-state index contributed by atoms with van der Waals surface area (Å²) in [6, 6.07) is 5.96. The molecule has 2 aromatic rings. The van der Waals surface area contributed by atoms with E-state index < -0.39 is 0 Å². The summed E-state index contributed by atoms with van der Waals surface area (Å²) in [6.07, 6.45) is 2.01. The number of carbonyl (C=O) groups is 1. The van der Waals surface area contributed by atoms with Crippen molar-refractivity contribution in [2.45, 2.75) is 40.5 Å². The van der Waals surface area contributed by atoms with Gasteiger partial charge in [-0.05, 0) is 44.9 Å². The summed E-state index contributed by atoms with van der Waals surface area (Å²) in [5, 5.41) is 11.4. The van der Waals surface area contributed by atoms with Crippen molar-refractivity contribution in [1.29, 1.82) is 0 Å². The smallest absolute Gasteiger partial charge is 0.227 e. The monoisotopic (exact) mass is 343 g/mol. The maximum Gasteiger partial charge on any atom is 0.227 e. The molecule has 1 fully saturated rings. The van der Waals surface area contributed by atoms with Gasteiger partial charge in [0.05, 0.1) is 0 Å². The molecule has 0 aliphatic heterocycles. The van der Waals surface area contributed by atoms with Crippen LogP contribution in [-0.2, 0) is 11.8 Å². The van der Waals surface area contributed by atoms with Gasteiger partial charge in [-0.15, -0.1) is 10.2 Å². The summed E-state index contributed by atoms with van der Waals surface area (Å²) in [4.78, 5) is 14.1. The molecule has 1 aliphatic rings. The van der Waals surface area contributed by atoms with Crippen LogP contribution in [0.2, 0.25) is 0 Å². The first-order valence-electron chi connectivity index (χ1n) is 9.03. The molecule has 3 rings (SSSR count). The molecule has 0 radical (unpaired) electrons. The fraction of sp³-hybridized carbons (Fsp3) is 0.526. The van der Waals surface area contributed by atoms with Crippen molar-refractivity contribution in [3.05, 3.63) is 24.0 Å². The standard InChI is InChI=1S/C17H23N5O.C2H6/c1-5-21(3)15-10-13(18-17(23)12-6-7-12)8-9-14(15)16-20-19-11(2)22(16)4;1-2/h8-10,12H,5-7H2,1-4H3,(H,18,23);1-2H3. The highest BCUT2D eigenvalue weighted by Crippen LogP contribution is 2.34. The highest BCUT2D eigenvalue weighted by Gasteiger charge is 2.29. The van der Waals surface area contributed by atoms with Crippen molar-refractivity contribution in [1.82, 2.24) is 14.8 Å². The lowest BCUT2D eigenvalue weighted by molar-refractivity contribution is -0.117. The molecule has 6 nitrogen and oxygen atoms in total. The molecule has 25 heavy (non-hydrogen) atoms. The van der Waals surface area contributed by atoms with Gasteiger partial charge in [-0.2, -0.15) is 0 Å². The number of hydrogen-bond acceptors (Lipinski definition) is 4. The molecule has 1 N–H and O–H groups in total. The zero-order chi connectivity index (χ0) is 18.6. The average molecular weight is 343 g/mol. The molecule has 1 amide bonds. The summed E-state index contributed by atoms with van der Waals surface area (Å²) in [5.41, 5.74) is 2.89. The van der Waals surface area contributed by atoms with Gasteiger partial charge in [-0.3, -0.25) is 4.79 Å². The summed E-state index contributed by atoms with van der Waals surface area (Å²) in [6.45, 7) is 8.90. The lowest BCUT2D eigenvalue weighted by Gasteiger charge is -2.21. The van der Waals surface area contributed by atoms with E-state index in [-0.39, 0.29) is 11.8 Å². The van der Waals surface area contributed by atoms with E-state index in [0.717, 1.165) is 48.0 Å². The molecule has 0 atom stereocenters. The Bertz CT molecular complexity index is 733. The van der Waals surface area contributed by atoms with Crippen LogP contribution in [0.3, 0.4) is 0 Å². The summed E-state index contributed by atoms with van der Waals surface area (Å²) in [5.74, 6) is 2.02. The van der Waals surface area contributed by atoms with Gasteiger partial charge < -0.3 is 14.8 Å². The molecule has 1 aromatic carbocycles. The Morgan fingerprint density at radius 2 is 2.00 bits per heavy atom. The van der Waals surface area contributed by atoms with E-state index in [1.165, 1.54) is 0 Å². The third-order valence-electron chi connectivity index (χ3n) is 4.43. The van der Waals surface area contributed by atoms with Crippen LogP contribution < -0.4 is 10.2 Å². The van der Waals surface area contributed by atoms with Crippen LogP contribution in [0.5, 0.6) is 0 Å². The maximum absolute atomic E-state index is 12.0. The van der Waals surface area contributed by atoms with Gasteiger partial charge in [0.1, 0.15) is 5.82 Å². The van der Waals surface area contributed by atoms with E-state index in [1.807, 2.05) is 57.6 Å². The Balaban J connectivity index is 0.00000109. The molecule has 136 valence electrons. The van der Waals surface area contributed by atoms with Crippen LogP contribution in [0.25, 0.3) is 11.4 Å². The highest BCUT2D eigenvalue weighted by molar-refractivity contribution is 5.95. The topological polar surface area (TPSA) is 63.1 Å². The quantitative estimate of drug-likeness (QED) is 0.900. The second kappa shape index (κ2) is 8.14. The number of hydrogen-bond donors (Lipinski definition) is 1. The van der Waals surface area contributed by atoms with E-state index in [9.17, 15) is 4.79 Å². The molecule has 1 aromatic heterocycles. The molecular weight excluding hydrogens is 314 g/mol. The van der Waals surface area contributed by atoms with Crippen molar-refractivity contribution in [2.24, 2.45) is 13.0 Å². The lowest BCUT2D eigenvalue weighted by atomic mass is 10.1. The number of aryl methyl sites for hydroxylation is 1. The third-order valence-corrected chi connectivity index (χ3v) is 4.43. The molecule has 1 saturated carbocycles. The Labute approximate surface area is 150 Å². The van der Waals surface area contributed by atoms with E-state index >= 15 is 0 Å². The van der Waals surface area contributed by atoms with Crippen LogP contribution in [0, 0.1) is 12.8 Å². The van der Waals surface area contributed by atoms with Crippen molar-refractivity contribution in [3.8, 4) is 11.4 Å². The van der Waals surface area contributed by atoms with Gasteiger partial charge >= 0.3 is 0 Å². The first-order chi connectivity index (χ1) is 12.0. The molecule has 1 aliphatic carbocycles. The van der Waals surface area contributed by atoms with Gasteiger partial charge in [0.2, 0.25) is 5.91 Å². The number of anilines is 2. The van der Waals surface area contributed by atoms with Crippen LogP contribution >= 0.6 is 0 Å². The number of carbonyl (C=O) groups excluding carboxylic acids is 1. The minimum atomic E-state index is 0.123. The van der Waals surface area contributed by atoms with Crippen LogP contribution in [0.15, 0.2) is 18.2 Å². The molecular formula is C19H29N5O. The van der Waals surface area contributed by atoms with Gasteiger partial charge in [-0.1, -0.05) is 13.8 Å². The Morgan fingerprint density at radius 3 is 2.52 bits per heavy atom. The molecule has 0 unspecified atom stereocenters. The number of rotatable bonds is 5. The molecule has 6 heteroatoms. The second-order valence-corrected chi connectivity index (χ2v) is 6.14. The molecule has 0 bridgehead atoms. The Hall–Kier alpha value is -2.37. The van der Waals surface area contributed by atoms with E-state index in [0.29, 0.717) is 0 Å². The summed E-state index contributed by atoms with van der Waals surface area (Å²) < 4.78 is 1.98. The highest BCUT2D eigenvalue weighted by atomic mass is 16.2. The molecule has 0 saturated heterocycles. The van der Waals surface area contributed by atoms with Crippen molar-refractivity contribution in [2.75, 3.05) is 23.8 Å². The number of nitrogens with zero attached hydrogens (tertiary/aromatic N) is 4. The summed E-state index contributed by atoms with van der Waals surface area (Å²) >= 11 is 0. The van der Waals surface area contributed by atoms with E-state index in [1.54, 1.807) is 0 Å². The summed E-state index contributed by atoms with van der Waals surface area (Å²) in [7, 11) is 4.00. The van der Waals surface area contributed by atoms with Crippen molar-refractivity contribution < 1.29 is 4.79 Å². The van der Waals surface area contributed by atoms with Gasteiger partial charge in [0.15, 0.2) is 5.82 Å². The largest absolute Gasteiger partial charge is 0.374 e. The first kappa shape index (κ1) is 19.0. The van der Waals surface area contributed by atoms with Gasteiger partial charge in [0.25, 0.3) is 0 Å². The zero-order valence-corrected chi connectivity index (χ0v) is 16.1. The molecule has 0 spiro atoms. The Kier molecular flexibility index (Phi) is 6.17. The number of aromatic nitrogens is 3. The van der Waals surface area contributed by atoms with Crippen LogP contribution in [0.4, 0.5) is 11.4 Å². The van der Waals surface area contributed by atoms with E-state index in [4.69, 9.17) is 0 Å². The normalized spacial score (nSPS) is 13.0. The van der Waals surface area contributed by atoms with Gasteiger partial charge in [0, 0.05) is 43.5 Å². The number of amides is 1. The Morgan fingerprint density at radius 1 is 1.32 bits per heavy atom. The number of nitrogens with one attached hydrogen (secondary N) is 1. The zero-order valence-electron chi connectivity index (χ0n) is 16.1. The molecule has 1 heterocycles. The third kappa shape index (κ3) is 4.18. The van der Waals surface area contributed by atoms with Crippen molar-refractivity contribution in [3.63, 3.8) is 0 Å².